The van der Waals surface area contributed by atoms with Gasteiger partial charge in [-0.15, -0.1) is 0 Å². The molecule has 4 heteroatoms. The summed E-state index contributed by atoms with van der Waals surface area (Å²) in [5.74, 6) is 0.883. The lowest BCUT2D eigenvalue weighted by atomic mass is 10.1. The number of fused-ring (bicyclic) bond motifs is 1. The molecule has 0 aromatic heterocycles. The first-order valence-corrected chi connectivity index (χ1v) is 8.98. The first kappa shape index (κ1) is 17.0. The Morgan fingerprint density at radius 1 is 1.00 bits per heavy atom. The molecular weight excluding hydrogens is 413 g/mol. The molecule has 0 radical (unpaired) electrons. The molecule has 0 atom stereocenters. The summed E-state index contributed by atoms with van der Waals surface area (Å²) in [6, 6.07) is 17.5. The number of nitrogens with zero attached hydrogens (tertiary/aromatic N) is 1. The topological polar surface area (TPSA) is 29.5 Å². The molecular formula is C20H20INO2. The Morgan fingerprint density at radius 3 is 2.21 bits per heavy atom. The minimum atomic E-state index is -0.297. The van der Waals surface area contributed by atoms with Gasteiger partial charge in [-0.1, -0.05) is 36.4 Å². The first-order chi connectivity index (χ1) is 11.4. The van der Waals surface area contributed by atoms with Gasteiger partial charge in [0.05, 0.1) is 9.28 Å². The minimum Gasteiger partial charge on any atom is -0.488 e. The lowest BCUT2D eigenvalue weighted by molar-refractivity contribution is 0.0748. The highest BCUT2D eigenvalue weighted by atomic mass is 127. The van der Waals surface area contributed by atoms with E-state index in [1.807, 2.05) is 59.5 Å². The van der Waals surface area contributed by atoms with Crippen molar-refractivity contribution in [1.82, 2.24) is 4.90 Å². The highest BCUT2D eigenvalue weighted by molar-refractivity contribution is 14.1. The number of hydrogen-bond donors (Lipinski definition) is 0. The van der Waals surface area contributed by atoms with Crippen molar-refractivity contribution in [2.75, 3.05) is 6.61 Å². The third-order valence-electron chi connectivity index (χ3n) is 3.88. The number of para-hydroxylation sites is 1. The summed E-state index contributed by atoms with van der Waals surface area (Å²) in [5.41, 5.74) is 2.41. The number of benzene rings is 2. The maximum absolute atomic E-state index is 12.9. The van der Waals surface area contributed by atoms with Crippen LogP contribution in [-0.4, -0.2) is 23.0 Å². The van der Waals surface area contributed by atoms with Gasteiger partial charge in [0.25, 0.3) is 5.91 Å². The average Bonchev–Trinajstić information content (AvgIpc) is 2.87. The predicted molar refractivity (Wildman–Crippen MR) is 105 cm³/mol. The second-order valence-electron chi connectivity index (χ2n) is 6.71. The van der Waals surface area contributed by atoms with Gasteiger partial charge in [-0.2, -0.15) is 0 Å². The van der Waals surface area contributed by atoms with E-state index in [0.29, 0.717) is 6.61 Å². The van der Waals surface area contributed by atoms with Gasteiger partial charge in [0.1, 0.15) is 12.4 Å². The second-order valence-corrected chi connectivity index (χ2v) is 8.01. The highest BCUT2D eigenvalue weighted by Crippen LogP contribution is 2.41. The minimum absolute atomic E-state index is 0.0574. The summed E-state index contributed by atoms with van der Waals surface area (Å²) in [6.45, 7) is 6.60. The fraction of sp³-hybridized carbons (Fsp3) is 0.250. The van der Waals surface area contributed by atoms with Gasteiger partial charge in [0.2, 0.25) is 0 Å². The van der Waals surface area contributed by atoms with E-state index in [9.17, 15) is 4.79 Å². The van der Waals surface area contributed by atoms with Gasteiger partial charge in [-0.05, 0) is 61.6 Å². The second kappa shape index (κ2) is 6.59. The van der Waals surface area contributed by atoms with Crippen molar-refractivity contribution in [2.24, 2.45) is 0 Å². The van der Waals surface area contributed by atoms with Crippen molar-refractivity contribution in [2.45, 2.75) is 26.3 Å². The van der Waals surface area contributed by atoms with Crippen LogP contribution in [0.4, 0.5) is 0 Å². The Morgan fingerprint density at radius 2 is 1.58 bits per heavy atom. The van der Waals surface area contributed by atoms with E-state index in [1.165, 1.54) is 0 Å². The molecule has 2 aromatic carbocycles. The molecule has 3 nitrogen and oxygen atoms in total. The Hall–Kier alpha value is -1.82. The number of halogens is 1. The number of carbonyl (C=O) groups excluding carboxylic acids is 1. The van der Waals surface area contributed by atoms with Crippen LogP contribution in [0.2, 0.25) is 0 Å². The standard InChI is InChI=1S/C20H20INO2/c1-20(2,3)22-18(15-11-7-8-12-16(15)19(22)23)17(21)13-24-14-9-5-4-6-10-14/h4-12H,13H2,1-3H3/b18-17+. The lowest BCUT2D eigenvalue weighted by Crippen LogP contribution is -2.41. The fourth-order valence-corrected chi connectivity index (χ4v) is 3.55. The molecule has 3 rings (SSSR count). The average molecular weight is 433 g/mol. The fourth-order valence-electron chi connectivity index (χ4n) is 2.86. The molecule has 0 aliphatic carbocycles. The maximum Gasteiger partial charge on any atom is 0.259 e. The van der Waals surface area contributed by atoms with Crippen LogP contribution in [0.25, 0.3) is 5.70 Å². The number of ether oxygens (including phenoxy) is 1. The zero-order chi connectivity index (χ0) is 17.3. The number of carbonyl (C=O) groups is 1. The lowest BCUT2D eigenvalue weighted by Gasteiger charge is -2.33. The molecule has 0 saturated heterocycles. The van der Waals surface area contributed by atoms with Crippen molar-refractivity contribution in [3.63, 3.8) is 0 Å². The molecule has 0 unspecified atom stereocenters. The molecule has 24 heavy (non-hydrogen) atoms. The summed E-state index contributed by atoms with van der Waals surface area (Å²) in [7, 11) is 0. The first-order valence-electron chi connectivity index (χ1n) is 7.90. The Bertz CT molecular complexity index is 791. The quantitative estimate of drug-likeness (QED) is 0.629. The molecule has 1 heterocycles. The number of hydrogen-bond acceptors (Lipinski definition) is 2. The summed E-state index contributed by atoms with van der Waals surface area (Å²) >= 11 is 2.29. The molecule has 1 amide bonds. The van der Waals surface area contributed by atoms with E-state index < -0.39 is 0 Å². The molecule has 0 bridgehead atoms. The number of rotatable bonds is 3. The normalized spacial score (nSPS) is 16.2. The van der Waals surface area contributed by atoms with Gasteiger partial charge in [-0.25, -0.2) is 0 Å². The van der Waals surface area contributed by atoms with Gasteiger partial charge < -0.3 is 9.64 Å². The third-order valence-corrected chi connectivity index (χ3v) is 4.70. The molecule has 1 aliphatic rings. The molecule has 0 N–H and O–H groups in total. The Balaban J connectivity index is 1.99. The molecule has 0 saturated carbocycles. The van der Waals surface area contributed by atoms with Gasteiger partial charge in [0.15, 0.2) is 0 Å². The van der Waals surface area contributed by atoms with Crippen molar-refractivity contribution in [3.8, 4) is 5.75 Å². The zero-order valence-electron chi connectivity index (χ0n) is 14.0. The van der Waals surface area contributed by atoms with Crippen molar-refractivity contribution in [3.05, 3.63) is 69.3 Å². The van der Waals surface area contributed by atoms with Gasteiger partial charge in [-0.3, -0.25) is 4.79 Å². The smallest absolute Gasteiger partial charge is 0.259 e. The summed E-state index contributed by atoms with van der Waals surface area (Å²) in [4.78, 5) is 14.8. The molecule has 2 aromatic rings. The van der Waals surface area contributed by atoms with Crippen LogP contribution in [0.1, 0.15) is 36.7 Å². The van der Waals surface area contributed by atoms with Crippen LogP contribution < -0.4 is 4.74 Å². The van der Waals surface area contributed by atoms with E-state index >= 15 is 0 Å². The molecule has 0 fully saturated rings. The van der Waals surface area contributed by atoms with Crippen LogP contribution >= 0.6 is 22.6 Å². The Labute approximate surface area is 156 Å². The molecule has 124 valence electrons. The highest BCUT2D eigenvalue weighted by Gasteiger charge is 2.40. The van der Waals surface area contributed by atoms with E-state index in [2.05, 4.69) is 43.4 Å². The van der Waals surface area contributed by atoms with Crippen molar-refractivity contribution >= 4 is 34.2 Å². The number of amides is 1. The van der Waals surface area contributed by atoms with Gasteiger partial charge in [0, 0.05) is 16.7 Å². The summed E-state index contributed by atoms with van der Waals surface area (Å²) in [5, 5.41) is 0. The summed E-state index contributed by atoms with van der Waals surface area (Å²) in [6.07, 6.45) is 0. The van der Waals surface area contributed by atoms with Crippen LogP contribution in [0, 0.1) is 0 Å². The van der Waals surface area contributed by atoms with E-state index in [1.54, 1.807) is 0 Å². The van der Waals surface area contributed by atoms with E-state index in [0.717, 1.165) is 26.2 Å². The zero-order valence-corrected chi connectivity index (χ0v) is 16.2. The summed E-state index contributed by atoms with van der Waals surface area (Å²) < 4.78 is 6.91. The van der Waals surface area contributed by atoms with E-state index in [4.69, 9.17) is 4.74 Å². The van der Waals surface area contributed by atoms with Crippen LogP contribution in [-0.2, 0) is 0 Å². The van der Waals surface area contributed by atoms with Crippen LogP contribution in [0.3, 0.4) is 0 Å². The van der Waals surface area contributed by atoms with Crippen molar-refractivity contribution < 1.29 is 9.53 Å². The van der Waals surface area contributed by atoms with E-state index in [-0.39, 0.29) is 11.4 Å². The monoisotopic (exact) mass is 433 g/mol. The van der Waals surface area contributed by atoms with Crippen molar-refractivity contribution in [1.29, 1.82) is 0 Å². The largest absolute Gasteiger partial charge is 0.488 e. The maximum atomic E-state index is 12.9. The molecule has 0 spiro atoms. The van der Waals surface area contributed by atoms with Crippen LogP contribution in [0.15, 0.2) is 58.2 Å². The third kappa shape index (κ3) is 3.20. The van der Waals surface area contributed by atoms with Gasteiger partial charge >= 0.3 is 0 Å². The van der Waals surface area contributed by atoms with Crippen LogP contribution in [0.5, 0.6) is 5.75 Å². The Kier molecular flexibility index (Phi) is 4.67. The SMILES string of the molecule is CC(C)(C)N1C(=O)c2ccccc2/C1=C(\I)COc1ccccc1. The predicted octanol–water partition coefficient (Wildman–Crippen LogP) is 5.12. The molecule has 1 aliphatic heterocycles.